The van der Waals surface area contributed by atoms with E-state index in [0.29, 0.717) is 5.75 Å². The molecule has 1 saturated heterocycles. The maximum atomic E-state index is 12.3. The summed E-state index contributed by atoms with van der Waals surface area (Å²) in [5.74, 6) is -1.22. The van der Waals surface area contributed by atoms with Crippen molar-refractivity contribution in [3.63, 3.8) is 0 Å². The summed E-state index contributed by atoms with van der Waals surface area (Å²) in [6.07, 6.45) is 0. The minimum Gasteiger partial charge on any atom is -0.496 e. The zero-order valence-corrected chi connectivity index (χ0v) is 10.3. The van der Waals surface area contributed by atoms with Gasteiger partial charge in [0.2, 0.25) is 11.8 Å². The first-order valence-corrected chi connectivity index (χ1v) is 5.57. The van der Waals surface area contributed by atoms with Crippen molar-refractivity contribution in [2.45, 2.75) is 0 Å². The number of nitrogen functional groups attached to an aromatic ring is 1. The van der Waals surface area contributed by atoms with Crippen LogP contribution in [0.5, 0.6) is 5.75 Å². The van der Waals surface area contributed by atoms with Gasteiger partial charge in [0.25, 0.3) is 5.91 Å². The Labute approximate surface area is 109 Å². The van der Waals surface area contributed by atoms with Gasteiger partial charge in [-0.2, -0.15) is 0 Å². The number of nitrogens with zero attached hydrogens (tertiary/aromatic N) is 1. The SMILES string of the molecule is COc1cccc(N)c1C(=O)N1CC(=O)NC(=O)C1. The number of piperazine rings is 1. The molecule has 1 fully saturated rings. The zero-order valence-electron chi connectivity index (χ0n) is 10.3. The second-order valence-corrected chi connectivity index (χ2v) is 4.06. The van der Waals surface area contributed by atoms with Crippen LogP contribution in [-0.2, 0) is 9.59 Å². The Bertz CT molecular complexity index is 540. The van der Waals surface area contributed by atoms with Gasteiger partial charge in [-0.05, 0) is 12.1 Å². The minimum atomic E-state index is -0.516. The molecule has 0 saturated carbocycles. The molecule has 1 aromatic carbocycles. The highest BCUT2D eigenvalue weighted by Gasteiger charge is 2.29. The predicted molar refractivity (Wildman–Crippen MR) is 66.5 cm³/mol. The lowest BCUT2D eigenvalue weighted by Gasteiger charge is -2.26. The molecule has 0 spiro atoms. The Kier molecular flexibility index (Phi) is 3.37. The average molecular weight is 263 g/mol. The van der Waals surface area contributed by atoms with Crippen LogP contribution in [0.1, 0.15) is 10.4 Å². The standard InChI is InChI=1S/C12H13N3O4/c1-19-8-4-2-3-7(13)11(8)12(18)15-5-9(16)14-10(17)6-15/h2-4H,5-6,13H2,1H3,(H,14,16,17). The molecule has 7 nitrogen and oxygen atoms in total. The van der Waals surface area contributed by atoms with E-state index in [1.807, 2.05) is 0 Å². The molecule has 2 rings (SSSR count). The third-order valence-electron chi connectivity index (χ3n) is 2.73. The van der Waals surface area contributed by atoms with Crippen molar-refractivity contribution in [3.05, 3.63) is 23.8 Å². The van der Waals surface area contributed by atoms with Crippen molar-refractivity contribution >= 4 is 23.4 Å². The van der Waals surface area contributed by atoms with Crippen LogP contribution in [0.3, 0.4) is 0 Å². The molecule has 100 valence electrons. The quantitative estimate of drug-likeness (QED) is 0.546. The fraction of sp³-hybridized carbons (Fsp3) is 0.250. The lowest BCUT2D eigenvalue weighted by atomic mass is 10.1. The number of nitrogens with one attached hydrogen (secondary N) is 1. The molecule has 0 aliphatic carbocycles. The molecule has 1 aliphatic heterocycles. The van der Waals surface area contributed by atoms with E-state index in [9.17, 15) is 14.4 Å². The van der Waals surface area contributed by atoms with Crippen molar-refractivity contribution in [2.75, 3.05) is 25.9 Å². The summed E-state index contributed by atoms with van der Waals surface area (Å²) in [4.78, 5) is 36.0. The number of amides is 3. The Balaban J connectivity index is 2.34. The molecule has 0 radical (unpaired) electrons. The summed E-state index contributed by atoms with van der Waals surface area (Å²) in [5, 5.41) is 2.12. The number of hydrogen-bond acceptors (Lipinski definition) is 5. The molecule has 1 heterocycles. The van der Waals surface area contributed by atoms with Gasteiger partial charge in [0, 0.05) is 5.69 Å². The Morgan fingerprint density at radius 1 is 1.32 bits per heavy atom. The van der Waals surface area contributed by atoms with E-state index in [4.69, 9.17) is 10.5 Å². The van der Waals surface area contributed by atoms with E-state index < -0.39 is 17.7 Å². The van der Waals surface area contributed by atoms with Crippen molar-refractivity contribution in [2.24, 2.45) is 0 Å². The Hall–Kier alpha value is -2.57. The number of ether oxygens (including phenoxy) is 1. The topological polar surface area (TPSA) is 102 Å². The summed E-state index contributed by atoms with van der Waals surface area (Å²) < 4.78 is 5.08. The van der Waals surface area contributed by atoms with Crippen molar-refractivity contribution in [3.8, 4) is 5.75 Å². The van der Waals surface area contributed by atoms with Gasteiger partial charge in [-0.15, -0.1) is 0 Å². The number of benzene rings is 1. The molecule has 0 atom stereocenters. The summed E-state index contributed by atoms with van der Waals surface area (Å²) in [6.45, 7) is -0.357. The van der Waals surface area contributed by atoms with Crippen LogP contribution in [0, 0.1) is 0 Å². The fourth-order valence-corrected chi connectivity index (χ4v) is 1.89. The first-order valence-electron chi connectivity index (χ1n) is 5.57. The van der Waals surface area contributed by atoms with Gasteiger partial charge in [-0.25, -0.2) is 0 Å². The first-order chi connectivity index (χ1) is 9.02. The molecule has 19 heavy (non-hydrogen) atoms. The fourth-order valence-electron chi connectivity index (χ4n) is 1.89. The monoisotopic (exact) mass is 263 g/mol. The molecule has 1 aliphatic rings. The smallest absolute Gasteiger partial charge is 0.260 e. The highest BCUT2D eigenvalue weighted by molar-refractivity contribution is 6.08. The van der Waals surface area contributed by atoms with E-state index in [1.54, 1.807) is 18.2 Å². The van der Waals surface area contributed by atoms with E-state index >= 15 is 0 Å². The molecular weight excluding hydrogens is 250 g/mol. The van der Waals surface area contributed by atoms with Gasteiger partial charge in [0.1, 0.15) is 24.4 Å². The van der Waals surface area contributed by atoms with Crippen LogP contribution >= 0.6 is 0 Å². The molecule has 3 amide bonds. The van der Waals surface area contributed by atoms with E-state index in [2.05, 4.69) is 5.32 Å². The number of hydrogen-bond donors (Lipinski definition) is 2. The summed E-state index contributed by atoms with van der Waals surface area (Å²) in [6, 6.07) is 4.80. The highest BCUT2D eigenvalue weighted by atomic mass is 16.5. The van der Waals surface area contributed by atoms with Crippen LogP contribution in [0.15, 0.2) is 18.2 Å². The second-order valence-electron chi connectivity index (χ2n) is 4.06. The number of imide groups is 1. The van der Waals surface area contributed by atoms with Crippen LogP contribution in [0.25, 0.3) is 0 Å². The molecule has 0 aromatic heterocycles. The van der Waals surface area contributed by atoms with E-state index in [-0.39, 0.29) is 24.3 Å². The number of anilines is 1. The van der Waals surface area contributed by atoms with Gasteiger partial charge < -0.3 is 15.4 Å². The normalized spacial score (nSPS) is 15.1. The molecule has 0 bridgehead atoms. The maximum absolute atomic E-state index is 12.3. The lowest BCUT2D eigenvalue weighted by molar-refractivity contribution is -0.135. The summed E-state index contributed by atoms with van der Waals surface area (Å²) in [5.41, 5.74) is 6.16. The van der Waals surface area contributed by atoms with E-state index in [0.717, 1.165) is 4.90 Å². The second kappa shape index (κ2) is 4.97. The van der Waals surface area contributed by atoms with Crippen LogP contribution in [0.2, 0.25) is 0 Å². The van der Waals surface area contributed by atoms with Crippen molar-refractivity contribution in [1.82, 2.24) is 10.2 Å². The number of rotatable bonds is 2. The number of carbonyl (C=O) groups excluding carboxylic acids is 3. The predicted octanol–water partition coefficient (Wildman–Crippen LogP) is -0.624. The Morgan fingerprint density at radius 3 is 2.53 bits per heavy atom. The number of methoxy groups -OCH3 is 1. The third-order valence-corrected chi connectivity index (χ3v) is 2.73. The number of nitrogens with two attached hydrogens (primary N) is 1. The third kappa shape index (κ3) is 2.49. The number of carbonyl (C=O) groups is 3. The zero-order chi connectivity index (χ0) is 14.0. The Morgan fingerprint density at radius 2 is 1.95 bits per heavy atom. The lowest BCUT2D eigenvalue weighted by Crippen LogP contribution is -2.53. The highest BCUT2D eigenvalue weighted by Crippen LogP contribution is 2.25. The molecular formula is C12H13N3O4. The minimum absolute atomic E-state index is 0.160. The maximum Gasteiger partial charge on any atom is 0.260 e. The molecule has 1 aromatic rings. The van der Waals surface area contributed by atoms with Crippen molar-refractivity contribution < 1.29 is 19.1 Å². The van der Waals surface area contributed by atoms with Gasteiger partial charge in [0.15, 0.2) is 0 Å². The van der Waals surface area contributed by atoms with Crippen LogP contribution < -0.4 is 15.8 Å². The largest absolute Gasteiger partial charge is 0.496 e. The van der Waals surface area contributed by atoms with Gasteiger partial charge >= 0.3 is 0 Å². The molecule has 3 N–H and O–H groups in total. The van der Waals surface area contributed by atoms with Gasteiger partial charge in [0.05, 0.1) is 7.11 Å². The summed E-state index contributed by atoms with van der Waals surface area (Å²) >= 11 is 0. The van der Waals surface area contributed by atoms with Crippen molar-refractivity contribution in [1.29, 1.82) is 0 Å². The van der Waals surface area contributed by atoms with Gasteiger partial charge in [-0.1, -0.05) is 6.07 Å². The van der Waals surface area contributed by atoms with Gasteiger partial charge in [-0.3, -0.25) is 19.7 Å². The molecule has 7 heteroatoms. The summed E-state index contributed by atoms with van der Waals surface area (Å²) in [7, 11) is 1.42. The first kappa shape index (κ1) is 12.9. The van der Waals surface area contributed by atoms with Crippen LogP contribution in [-0.4, -0.2) is 42.8 Å². The average Bonchev–Trinajstić information content (AvgIpc) is 2.36. The van der Waals surface area contributed by atoms with Crippen LogP contribution in [0.4, 0.5) is 5.69 Å². The van der Waals surface area contributed by atoms with E-state index in [1.165, 1.54) is 7.11 Å². The molecule has 0 unspecified atom stereocenters.